The Kier molecular flexibility index (Phi) is 1.69. The molecule has 0 saturated carbocycles. The molecule has 0 N–H and O–H groups in total. The lowest BCUT2D eigenvalue weighted by Gasteiger charge is -1.92. The van der Waals surface area contributed by atoms with Gasteiger partial charge in [-0.25, -0.2) is 0 Å². The van der Waals surface area contributed by atoms with Crippen LogP contribution < -0.4 is 0 Å². The molecule has 0 aliphatic heterocycles. The second kappa shape index (κ2) is 2.73. The van der Waals surface area contributed by atoms with Crippen LogP contribution in [0.2, 0.25) is 0 Å². The van der Waals surface area contributed by atoms with Crippen molar-refractivity contribution in [3.05, 3.63) is 35.6 Å². The van der Waals surface area contributed by atoms with E-state index in [1.165, 1.54) is 6.26 Å². The third kappa shape index (κ3) is 1.24. The Bertz CT molecular complexity index is 466. The molecule has 0 aliphatic rings. The van der Waals surface area contributed by atoms with E-state index in [4.69, 9.17) is 4.42 Å². The van der Waals surface area contributed by atoms with Gasteiger partial charge in [-0.05, 0) is 25.5 Å². The van der Waals surface area contributed by atoms with Gasteiger partial charge in [0.2, 0.25) is 0 Å². The maximum Gasteiger partial charge on any atom is 0.163 e. The molecule has 0 amide bonds. The van der Waals surface area contributed by atoms with E-state index in [9.17, 15) is 4.79 Å². The Morgan fingerprint density at radius 3 is 2.85 bits per heavy atom. The quantitative estimate of drug-likeness (QED) is 0.622. The van der Waals surface area contributed by atoms with Crippen molar-refractivity contribution in [3.63, 3.8) is 0 Å². The summed E-state index contributed by atoms with van der Waals surface area (Å²) in [4.78, 5) is 11.1. The van der Waals surface area contributed by atoms with Crippen LogP contribution in [0.4, 0.5) is 0 Å². The number of hydrogen-bond donors (Lipinski definition) is 0. The zero-order valence-corrected chi connectivity index (χ0v) is 7.63. The second-order valence-electron chi connectivity index (χ2n) is 3.21. The summed E-state index contributed by atoms with van der Waals surface area (Å²) in [5.74, 6) is 0.0441. The van der Waals surface area contributed by atoms with E-state index in [0.29, 0.717) is 5.56 Å². The molecule has 66 valence electrons. The molecule has 2 aromatic rings. The Hall–Kier alpha value is -1.57. The van der Waals surface area contributed by atoms with Crippen LogP contribution in [0.15, 0.2) is 28.9 Å². The van der Waals surface area contributed by atoms with Crippen molar-refractivity contribution in [2.24, 2.45) is 0 Å². The number of aryl methyl sites for hydroxylation is 1. The maximum absolute atomic E-state index is 11.1. The zero-order chi connectivity index (χ0) is 9.42. The Morgan fingerprint density at radius 1 is 1.38 bits per heavy atom. The first-order valence-electron chi connectivity index (χ1n) is 4.17. The highest BCUT2D eigenvalue weighted by Crippen LogP contribution is 2.22. The Balaban J connectivity index is 2.76. The first-order valence-corrected chi connectivity index (χ1v) is 4.17. The van der Waals surface area contributed by atoms with Gasteiger partial charge in [0.15, 0.2) is 5.78 Å². The van der Waals surface area contributed by atoms with Gasteiger partial charge in [0.25, 0.3) is 0 Å². The lowest BCUT2D eigenvalue weighted by atomic mass is 10.1. The predicted octanol–water partition coefficient (Wildman–Crippen LogP) is 2.94. The Labute approximate surface area is 76.2 Å². The SMILES string of the molecule is CC(=O)c1coc2cc(C)ccc12. The van der Waals surface area contributed by atoms with Gasteiger partial charge < -0.3 is 4.42 Å². The van der Waals surface area contributed by atoms with Crippen molar-refractivity contribution in [1.29, 1.82) is 0 Å². The van der Waals surface area contributed by atoms with Gasteiger partial charge in [0, 0.05) is 5.39 Å². The average Bonchev–Trinajstić information content (AvgIpc) is 2.46. The summed E-state index contributed by atoms with van der Waals surface area (Å²) in [6.45, 7) is 3.54. The molecule has 0 saturated heterocycles. The summed E-state index contributed by atoms with van der Waals surface area (Å²) in [5.41, 5.74) is 2.58. The van der Waals surface area contributed by atoms with Gasteiger partial charge in [0.05, 0.1) is 5.56 Å². The van der Waals surface area contributed by atoms with Crippen molar-refractivity contribution in [3.8, 4) is 0 Å². The minimum Gasteiger partial charge on any atom is -0.464 e. The summed E-state index contributed by atoms with van der Waals surface area (Å²) in [7, 11) is 0. The van der Waals surface area contributed by atoms with E-state index in [1.54, 1.807) is 6.92 Å². The van der Waals surface area contributed by atoms with Crippen LogP contribution in [0.5, 0.6) is 0 Å². The van der Waals surface area contributed by atoms with Crippen LogP contribution in [0.25, 0.3) is 11.0 Å². The second-order valence-corrected chi connectivity index (χ2v) is 3.21. The Morgan fingerprint density at radius 2 is 2.15 bits per heavy atom. The average molecular weight is 174 g/mol. The van der Waals surface area contributed by atoms with Gasteiger partial charge in [-0.1, -0.05) is 12.1 Å². The number of benzene rings is 1. The first-order chi connectivity index (χ1) is 6.18. The molecule has 2 heteroatoms. The number of hydrogen-bond acceptors (Lipinski definition) is 2. The highest BCUT2D eigenvalue weighted by atomic mass is 16.3. The zero-order valence-electron chi connectivity index (χ0n) is 7.63. The molecule has 0 bridgehead atoms. The number of rotatable bonds is 1. The number of Topliss-reactive ketones (excluding diaryl/α,β-unsaturated/α-hetero) is 1. The van der Waals surface area contributed by atoms with Crippen molar-refractivity contribution >= 4 is 16.8 Å². The maximum atomic E-state index is 11.1. The molecule has 0 aliphatic carbocycles. The summed E-state index contributed by atoms with van der Waals surface area (Å²) < 4.78 is 5.27. The monoisotopic (exact) mass is 174 g/mol. The number of fused-ring (bicyclic) bond motifs is 1. The number of furan rings is 1. The molecule has 0 unspecified atom stereocenters. The minimum atomic E-state index is 0.0441. The predicted molar refractivity (Wildman–Crippen MR) is 51.0 cm³/mol. The first kappa shape index (κ1) is 8.05. The fourth-order valence-electron chi connectivity index (χ4n) is 1.41. The lowest BCUT2D eigenvalue weighted by Crippen LogP contribution is -1.88. The van der Waals surface area contributed by atoms with Gasteiger partial charge in [-0.3, -0.25) is 4.79 Å². The van der Waals surface area contributed by atoms with Gasteiger partial charge in [-0.2, -0.15) is 0 Å². The highest BCUT2D eigenvalue weighted by Gasteiger charge is 2.08. The molecule has 0 atom stereocenters. The standard InChI is InChI=1S/C11H10O2/c1-7-3-4-9-10(8(2)12)6-13-11(9)5-7/h3-6H,1-2H3. The topological polar surface area (TPSA) is 30.2 Å². The van der Waals surface area contributed by atoms with Crippen LogP contribution in [-0.4, -0.2) is 5.78 Å². The van der Waals surface area contributed by atoms with Crippen molar-refractivity contribution in [1.82, 2.24) is 0 Å². The van der Waals surface area contributed by atoms with Gasteiger partial charge in [-0.15, -0.1) is 0 Å². The number of ketones is 1. The summed E-state index contributed by atoms with van der Waals surface area (Å²) in [6.07, 6.45) is 1.52. The van der Waals surface area contributed by atoms with Crippen LogP contribution in [0.3, 0.4) is 0 Å². The third-order valence-electron chi connectivity index (χ3n) is 2.11. The van der Waals surface area contributed by atoms with E-state index >= 15 is 0 Å². The number of carbonyl (C=O) groups is 1. The largest absolute Gasteiger partial charge is 0.464 e. The van der Waals surface area contributed by atoms with Gasteiger partial charge in [0.1, 0.15) is 11.8 Å². The molecule has 1 aromatic carbocycles. The third-order valence-corrected chi connectivity index (χ3v) is 2.11. The van der Waals surface area contributed by atoms with Crippen molar-refractivity contribution in [2.45, 2.75) is 13.8 Å². The van der Waals surface area contributed by atoms with E-state index in [1.807, 2.05) is 25.1 Å². The molecular weight excluding hydrogens is 164 g/mol. The molecular formula is C11H10O2. The van der Waals surface area contributed by atoms with Crippen LogP contribution in [0, 0.1) is 6.92 Å². The van der Waals surface area contributed by atoms with Crippen molar-refractivity contribution in [2.75, 3.05) is 0 Å². The molecule has 0 fully saturated rings. The van der Waals surface area contributed by atoms with E-state index in [-0.39, 0.29) is 5.78 Å². The molecule has 0 spiro atoms. The van der Waals surface area contributed by atoms with Crippen LogP contribution in [0.1, 0.15) is 22.8 Å². The fraction of sp³-hybridized carbons (Fsp3) is 0.182. The number of carbonyl (C=O) groups excluding carboxylic acids is 1. The fourth-order valence-corrected chi connectivity index (χ4v) is 1.41. The van der Waals surface area contributed by atoms with E-state index < -0.39 is 0 Å². The normalized spacial score (nSPS) is 10.6. The van der Waals surface area contributed by atoms with Crippen LogP contribution in [-0.2, 0) is 0 Å². The molecule has 1 heterocycles. The summed E-state index contributed by atoms with van der Waals surface area (Å²) >= 11 is 0. The summed E-state index contributed by atoms with van der Waals surface area (Å²) in [6, 6.07) is 5.83. The minimum absolute atomic E-state index is 0.0441. The van der Waals surface area contributed by atoms with E-state index in [0.717, 1.165) is 16.5 Å². The molecule has 13 heavy (non-hydrogen) atoms. The lowest BCUT2D eigenvalue weighted by molar-refractivity contribution is 0.101. The molecule has 0 radical (unpaired) electrons. The van der Waals surface area contributed by atoms with Gasteiger partial charge >= 0.3 is 0 Å². The highest BCUT2D eigenvalue weighted by molar-refractivity contribution is 6.05. The van der Waals surface area contributed by atoms with E-state index in [2.05, 4.69) is 0 Å². The van der Waals surface area contributed by atoms with Crippen molar-refractivity contribution < 1.29 is 9.21 Å². The molecule has 1 aromatic heterocycles. The van der Waals surface area contributed by atoms with Crippen LogP contribution >= 0.6 is 0 Å². The summed E-state index contributed by atoms with van der Waals surface area (Å²) in [5, 5.41) is 0.901. The molecule has 2 nitrogen and oxygen atoms in total. The smallest absolute Gasteiger partial charge is 0.163 e. The molecule has 2 rings (SSSR count).